The van der Waals surface area contributed by atoms with E-state index in [4.69, 9.17) is 13.8 Å². The fourth-order valence-electron chi connectivity index (χ4n) is 4.57. The van der Waals surface area contributed by atoms with E-state index >= 15 is 0 Å². The van der Waals surface area contributed by atoms with Crippen LogP contribution in [0.15, 0.2) is 17.4 Å². The smallest absolute Gasteiger partial charge is 0.278 e. The van der Waals surface area contributed by atoms with E-state index < -0.39 is 8.53 Å². The highest BCUT2D eigenvalue weighted by molar-refractivity contribution is 7.45. The number of rotatable bonds is 5. The van der Waals surface area contributed by atoms with E-state index in [0.29, 0.717) is 23.6 Å². The molecule has 1 N–H and O–H groups in total. The summed E-state index contributed by atoms with van der Waals surface area (Å²) in [6, 6.07) is 0.503. The maximum Gasteiger partial charge on any atom is 0.278 e. The zero-order valence-corrected chi connectivity index (χ0v) is 17.0. The Bertz CT molecular complexity index is 903. The minimum Gasteiger partial charge on any atom is -0.352 e. The zero-order chi connectivity index (χ0) is 19.3. The maximum atomic E-state index is 11.9. The van der Waals surface area contributed by atoms with Crippen LogP contribution < -0.4 is 5.56 Å². The monoisotopic (exact) mass is 407 g/mol. The van der Waals surface area contributed by atoms with Gasteiger partial charge in [0.2, 0.25) is 0 Å². The number of fused-ring (bicyclic) bond motifs is 2. The van der Waals surface area contributed by atoms with Gasteiger partial charge in [-0.1, -0.05) is 13.8 Å². The van der Waals surface area contributed by atoms with Crippen LogP contribution in [0.1, 0.15) is 52.2 Å². The highest BCUT2D eigenvalue weighted by Gasteiger charge is 2.48. The van der Waals surface area contributed by atoms with Gasteiger partial charge in [0.05, 0.1) is 31.0 Å². The average Bonchev–Trinajstić information content (AvgIpc) is 3.45. The van der Waals surface area contributed by atoms with Gasteiger partial charge in [0, 0.05) is 19.0 Å². The molecule has 3 aliphatic heterocycles. The van der Waals surface area contributed by atoms with Crippen LogP contribution in [0.3, 0.4) is 0 Å². The summed E-state index contributed by atoms with van der Waals surface area (Å²) in [7, 11) is -1.03. The molecule has 0 amide bonds. The molecule has 5 rings (SSSR count). The predicted molar refractivity (Wildman–Crippen MR) is 104 cm³/mol. The summed E-state index contributed by atoms with van der Waals surface area (Å²) in [5, 5.41) is 0. The van der Waals surface area contributed by atoms with E-state index in [0.717, 1.165) is 19.4 Å². The van der Waals surface area contributed by atoms with Gasteiger partial charge in [0.15, 0.2) is 11.2 Å². The second kappa shape index (κ2) is 7.46. The Morgan fingerprint density at radius 3 is 3.00 bits per heavy atom. The highest BCUT2D eigenvalue weighted by Crippen LogP contribution is 2.58. The Balaban J connectivity index is 1.35. The van der Waals surface area contributed by atoms with Crippen LogP contribution in [0, 0.1) is 0 Å². The molecule has 0 bridgehead atoms. The molecule has 2 unspecified atom stereocenters. The molecule has 0 saturated carbocycles. The lowest BCUT2D eigenvalue weighted by atomic mass is 10.1. The Morgan fingerprint density at radius 1 is 1.32 bits per heavy atom. The first-order valence-corrected chi connectivity index (χ1v) is 11.3. The minimum atomic E-state index is -1.03. The van der Waals surface area contributed by atoms with Crippen LogP contribution in [0.2, 0.25) is 0 Å². The summed E-state index contributed by atoms with van der Waals surface area (Å²) >= 11 is 0. The first-order chi connectivity index (χ1) is 13.7. The molecule has 152 valence electrons. The quantitative estimate of drug-likeness (QED) is 0.762. The van der Waals surface area contributed by atoms with Crippen molar-refractivity contribution in [3.63, 3.8) is 0 Å². The van der Waals surface area contributed by atoms with Crippen LogP contribution in [-0.2, 0) is 13.8 Å². The molecule has 28 heavy (non-hydrogen) atoms. The van der Waals surface area contributed by atoms with Crippen LogP contribution >= 0.6 is 8.53 Å². The first kappa shape index (κ1) is 18.6. The standard InChI is InChI=1S/C18H26N5O4P/c1-3-12-11-6-5-7-23(11)28(26-12)27-14-8-15(25-13(14)4-2)22-10-21-16-17(22)19-9-20-18(16)24/h9-15H,3-8H2,1-2H3,(H,19,20,24)/t11-,12+,13+,14?,15+,28?/m0/s1. The third kappa shape index (κ3) is 3.00. The fourth-order valence-corrected chi connectivity index (χ4v) is 6.65. The van der Waals surface area contributed by atoms with Crippen molar-refractivity contribution in [2.24, 2.45) is 0 Å². The van der Waals surface area contributed by atoms with Crippen LogP contribution in [0.25, 0.3) is 11.2 Å². The van der Waals surface area contributed by atoms with Crippen molar-refractivity contribution >= 4 is 19.7 Å². The number of ether oxygens (including phenoxy) is 1. The zero-order valence-electron chi connectivity index (χ0n) is 16.2. The number of aromatic nitrogens is 4. The van der Waals surface area contributed by atoms with Crippen LogP contribution in [0.5, 0.6) is 0 Å². The van der Waals surface area contributed by atoms with Gasteiger partial charge in [0.25, 0.3) is 14.1 Å². The number of imidazole rings is 1. The highest BCUT2D eigenvalue weighted by atomic mass is 31.2. The minimum absolute atomic E-state index is 0.0164. The van der Waals surface area contributed by atoms with Crippen molar-refractivity contribution in [1.82, 2.24) is 24.2 Å². The molecule has 0 spiro atoms. The molecule has 9 nitrogen and oxygen atoms in total. The lowest BCUT2D eigenvalue weighted by Gasteiger charge is -2.25. The Morgan fingerprint density at radius 2 is 2.18 bits per heavy atom. The lowest BCUT2D eigenvalue weighted by molar-refractivity contribution is -0.0152. The summed E-state index contributed by atoms with van der Waals surface area (Å²) in [5.74, 6) is 0. The summed E-state index contributed by atoms with van der Waals surface area (Å²) in [5.41, 5.74) is 0.630. The topological polar surface area (TPSA) is 94.5 Å². The van der Waals surface area contributed by atoms with E-state index in [-0.39, 0.29) is 30.1 Å². The molecule has 3 fully saturated rings. The predicted octanol–water partition coefficient (Wildman–Crippen LogP) is 2.70. The van der Waals surface area contributed by atoms with Gasteiger partial charge < -0.3 is 18.8 Å². The normalized spacial score (nSPS) is 35.8. The van der Waals surface area contributed by atoms with Gasteiger partial charge in [-0.15, -0.1) is 0 Å². The molecular formula is C18H26N5O4P. The van der Waals surface area contributed by atoms with Gasteiger partial charge in [-0.2, -0.15) is 0 Å². The molecule has 5 heterocycles. The van der Waals surface area contributed by atoms with E-state index in [1.807, 2.05) is 4.57 Å². The number of aromatic amines is 1. The van der Waals surface area contributed by atoms with E-state index in [2.05, 4.69) is 33.5 Å². The number of hydrogen-bond acceptors (Lipinski definition) is 7. The van der Waals surface area contributed by atoms with E-state index in [1.54, 1.807) is 6.33 Å². The summed E-state index contributed by atoms with van der Waals surface area (Å²) in [6.45, 7) is 5.34. The Kier molecular flexibility index (Phi) is 4.97. The van der Waals surface area contributed by atoms with Gasteiger partial charge in [-0.05, 0) is 25.7 Å². The Labute approximate surface area is 164 Å². The van der Waals surface area contributed by atoms with Gasteiger partial charge >= 0.3 is 0 Å². The largest absolute Gasteiger partial charge is 0.352 e. The van der Waals surface area contributed by atoms with E-state index in [9.17, 15) is 4.79 Å². The molecule has 2 aromatic heterocycles. The molecule has 2 aromatic rings. The van der Waals surface area contributed by atoms with Crippen molar-refractivity contribution < 1.29 is 13.8 Å². The number of nitrogens with one attached hydrogen (secondary N) is 1. The van der Waals surface area contributed by atoms with Gasteiger partial charge in [0.1, 0.15) is 6.23 Å². The SMILES string of the molecule is CC[C@H]1O[C@@H](n2cnc3c(=O)[nH]cnc32)CC1OP1O[C@H](CC)[C@@H]2CCCN21. The Hall–Kier alpha value is -1.38. The number of nitrogens with zero attached hydrogens (tertiary/aromatic N) is 4. The fraction of sp³-hybridized carbons (Fsp3) is 0.722. The van der Waals surface area contributed by atoms with Gasteiger partial charge in [-0.25, -0.2) is 14.6 Å². The molecule has 3 aliphatic rings. The lowest BCUT2D eigenvalue weighted by Crippen LogP contribution is -2.28. The summed E-state index contributed by atoms with van der Waals surface area (Å²) in [6.07, 6.45) is 7.98. The molecule has 10 heteroatoms. The second-order valence-electron chi connectivity index (χ2n) is 7.64. The van der Waals surface area contributed by atoms with Crippen LogP contribution in [-0.4, -0.2) is 55.1 Å². The molecule has 0 radical (unpaired) electrons. The summed E-state index contributed by atoms with van der Waals surface area (Å²) in [4.78, 5) is 23.0. The van der Waals surface area contributed by atoms with Crippen molar-refractivity contribution in [2.45, 2.75) is 76.5 Å². The average molecular weight is 407 g/mol. The van der Waals surface area contributed by atoms with Crippen molar-refractivity contribution in [2.75, 3.05) is 6.54 Å². The number of hydrogen-bond donors (Lipinski definition) is 1. The second-order valence-corrected chi connectivity index (χ2v) is 9.05. The van der Waals surface area contributed by atoms with Gasteiger partial charge in [-0.3, -0.25) is 9.36 Å². The van der Waals surface area contributed by atoms with Crippen molar-refractivity contribution in [3.05, 3.63) is 23.0 Å². The maximum absolute atomic E-state index is 11.9. The first-order valence-electron chi connectivity index (χ1n) is 10.2. The third-order valence-corrected chi connectivity index (χ3v) is 7.84. The summed E-state index contributed by atoms with van der Waals surface area (Å²) < 4.78 is 23.3. The van der Waals surface area contributed by atoms with E-state index in [1.165, 1.54) is 19.2 Å². The van der Waals surface area contributed by atoms with Crippen LogP contribution in [0.4, 0.5) is 0 Å². The molecular weight excluding hydrogens is 381 g/mol. The van der Waals surface area contributed by atoms with Crippen molar-refractivity contribution in [1.29, 1.82) is 0 Å². The molecule has 3 saturated heterocycles. The van der Waals surface area contributed by atoms with Crippen molar-refractivity contribution in [3.8, 4) is 0 Å². The molecule has 0 aromatic carbocycles. The third-order valence-electron chi connectivity index (χ3n) is 6.02. The molecule has 0 aliphatic carbocycles. The molecule has 6 atom stereocenters. The number of H-pyrrole nitrogens is 1.